The Kier molecular flexibility index (Phi) is 5.23. The van der Waals surface area contributed by atoms with Gasteiger partial charge in [-0.15, -0.1) is 0 Å². The van der Waals surface area contributed by atoms with Crippen LogP contribution in [0, 0.1) is 5.92 Å². The molecule has 1 atom stereocenters. The highest BCUT2D eigenvalue weighted by molar-refractivity contribution is 7.80. The summed E-state index contributed by atoms with van der Waals surface area (Å²) in [5.41, 5.74) is 9.20. The van der Waals surface area contributed by atoms with Crippen molar-refractivity contribution in [1.82, 2.24) is 0 Å². The summed E-state index contributed by atoms with van der Waals surface area (Å²) in [5.74, 6) is -0.266. The van der Waals surface area contributed by atoms with E-state index in [2.05, 4.69) is 36.4 Å². The first-order valence-electron chi connectivity index (χ1n) is 7.02. The highest BCUT2D eigenvalue weighted by atomic mass is 32.1. The molecule has 1 unspecified atom stereocenters. The Morgan fingerprint density at radius 1 is 1.05 bits per heavy atom. The maximum atomic E-state index is 11.5. The van der Waals surface area contributed by atoms with Crippen molar-refractivity contribution >= 4 is 23.0 Å². The molecule has 0 bridgehead atoms. The number of carbonyl (C=O) groups is 1. The van der Waals surface area contributed by atoms with Crippen LogP contribution in [0.15, 0.2) is 54.6 Å². The van der Waals surface area contributed by atoms with Crippen molar-refractivity contribution in [3.63, 3.8) is 0 Å². The van der Waals surface area contributed by atoms with Gasteiger partial charge >= 0.3 is 0 Å². The number of nitrogens with two attached hydrogens (primary N) is 1. The van der Waals surface area contributed by atoms with Gasteiger partial charge in [-0.1, -0.05) is 66.8 Å². The van der Waals surface area contributed by atoms with E-state index < -0.39 is 0 Å². The van der Waals surface area contributed by atoms with Crippen LogP contribution in [0.5, 0.6) is 0 Å². The number of aryl methyl sites for hydroxylation is 1. The van der Waals surface area contributed by atoms with Crippen LogP contribution < -0.4 is 5.73 Å². The molecule has 0 heterocycles. The SMILES string of the molecule is CC(=O)C(CCc1ccc(-c2ccccc2)cc1)C(N)=S. The second-order valence-corrected chi connectivity index (χ2v) is 5.64. The number of hydrogen-bond donors (Lipinski definition) is 1. The summed E-state index contributed by atoms with van der Waals surface area (Å²) in [6.45, 7) is 1.54. The van der Waals surface area contributed by atoms with Crippen molar-refractivity contribution < 1.29 is 4.79 Å². The molecule has 2 aromatic rings. The van der Waals surface area contributed by atoms with Crippen molar-refractivity contribution in [1.29, 1.82) is 0 Å². The molecule has 21 heavy (non-hydrogen) atoms. The molecule has 0 aliphatic rings. The van der Waals surface area contributed by atoms with Gasteiger partial charge in [-0.3, -0.25) is 4.79 Å². The van der Waals surface area contributed by atoms with Crippen LogP contribution >= 0.6 is 12.2 Å². The summed E-state index contributed by atoms with van der Waals surface area (Å²) >= 11 is 4.95. The zero-order valence-corrected chi connectivity index (χ0v) is 12.9. The molecular formula is C18H19NOS. The zero-order valence-electron chi connectivity index (χ0n) is 12.1. The van der Waals surface area contributed by atoms with Gasteiger partial charge in [0, 0.05) is 0 Å². The Morgan fingerprint density at radius 2 is 1.62 bits per heavy atom. The standard InChI is InChI=1S/C18H19NOS/c1-13(20)17(18(19)21)12-9-14-7-10-16(11-8-14)15-5-3-2-4-6-15/h2-8,10-11,17H,9,12H2,1H3,(H2,19,21). The highest BCUT2D eigenvalue weighted by Gasteiger charge is 2.16. The molecule has 2 N–H and O–H groups in total. The number of hydrogen-bond acceptors (Lipinski definition) is 2. The molecule has 0 amide bonds. The fraction of sp³-hybridized carbons (Fsp3) is 0.222. The van der Waals surface area contributed by atoms with E-state index in [1.54, 1.807) is 6.92 Å². The van der Waals surface area contributed by atoms with Gasteiger partial charge in [-0.25, -0.2) is 0 Å². The smallest absolute Gasteiger partial charge is 0.139 e. The lowest BCUT2D eigenvalue weighted by Gasteiger charge is -2.12. The number of thiocarbonyl (C=S) groups is 1. The number of Topliss-reactive ketones (excluding diaryl/α,β-unsaturated/α-hetero) is 1. The summed E-state index contributed by atoms with van der Waals surface area (Å²) in [6.07, 6.45) is 1.48. The van der Waals surface area contributed by atoms with E-state index in [1.807, 2.05) is 18.2 Å². The van der Waals surface area contributed by atoms with Gasteiger partial charge in [0.25, 0.3) is 0 Å². The van der Waals surface area contributed by atoms with Crippen molar-refractivity contribution in [3.05, 3.63) is 60.2 Å². The Bertz CT molecular complexity index is 605. The summed E-state index contributed by atoms with van der Waals surface area (Å²) in [4.78, 5) is 11.8. The molecule has 0 saturated carbocycles. The maximum absolute atomic E-state index is 11.5. The normalized spacial score (nSPS) is 11.9. The average molecular weight is 297 g/mol. The van der Waals surface area contributed by atoms with Crippen molar-refractivity contribution in [2.75, 3.05) is 0 Å². The van der Waals surface area contributed by atoms with E-state index in [9.17, 15) is 4.79 Å². The lowest BCUT2D eigenvalue weighted by molar-refractivity contribution is -0.118. The third kappa shape index (κ3) is 4.23. The predicted octanol–water partition coefficient (Wildman–Crippen LogP) is 3.78. The Hall–Kier alpha value is -2.00. The van der Waals surface area contributed by atoms with Gasteiger partial charge in [-0.05, 0) is 36.5 Å². The predicted molar refractivity (Wildman–Crippen MR) is 91.2 cm³/mol. The first-order valence-corrected chi connectivity index (χ1v) is 7.43. The maximum Gasteiger partial charge on any atom is 0.139 e. The van der Waals surface area contributed by atoms with E-state index in [1.165, 1.54) is 16.7 Å². The van der Waals surface area contributed by atoms with Gasteiger partial charge in [0.15, 0.2) is 0 Å². The number of carbonyl (C=O) groups excluding carboxylic acids is 1. The Labute approximate surface area is 131 Å². The van der Waals surface area contributed by atoms with Gasteiger partial charge in [0.1, 0.15) is 5.78 Å². The summed E-state index contributed by atoms with van der Waals surface area (Å²) < 4.78 is 0. The first-order chi connectivity index (χ1) is 10.1. The van der Waals surface area contributed by atoms with Crippen LogP contribution in [-0.2, 0) is 11.2 Å². The topological polar surface area (TPSA) is 43.1 Å². The van der Waals surface area contributed by atoms with Gasteiger partial charge in [0.2, 0.25) is 0 Å². The second-order valence-electron chi connectivity index (χ2n) is 5.17. The molecule has 2 nitrogen and oxygen atoms in total. The fourth-order valence-corrected chi connectivity index (χ4v) is 2.64. The molecule has 3 heteroatoms. The van der Waals surface area contributed by atoms with E-state index in [-0.39, 0.29) is 11.7 Å². The van der Waals surface area contributed by atoms with Gasteiger partial charge < -0.3 is 5.73 Å². The molecular weight excluding hydrogens is 278 g/mol. The third-order valence-electron chi connectivity index (χ3n) is 3.62. The number of ketones is 1. The molecule has 0 aliphatic carbocycles. The fourth-order valence-electron chi connectivity index (χ4n) is 2.35. The van der Waals surface area contributed by atoms with Crippen molar-refractivity contribution in [2.45, 2.75) is 19.8 Å². The van der Waals surface area contributed by atoms with E-state index in [0.717, 1.165) is 6.42 Å². The van der Waals surface area contributed by atoms with E-state index in [4.69, 9.17) is 18.0 Å². The second kappa shape index (κ2) is 7.14. The molecule has 0 aromatic heterocycles. The summed E-state index contributed by atoms with van der Waals surface area (Å²) in [6, 6.07) is 18.7. The highest BCUT2D eigenvalue weighted by Crippen LogP contribution is 2.20. The van der Waals surface area contributed by atoms with Crippen LogP contribution in [-0.4, -0.2) is 10.8 Å². The van der Waals surface area contributed by atoms with Crippen LogP contribution in [0.4, 0.5) is 0 Å². The number of rotatable bonds is 6. The van der Waals surface area contributed by atoms with E-state index >= 15 is 0 Å². The summed E-state index contributed by atoms with van der Waals surface area (Å²) in [7, 11) is 0. The van der Waals surface area contributed by atoms with Crippen LogP contribution in [0.25, 0.3) is 11.1 Å². The third-order valence-corrected chi connectivity index (χ3v) is 3.90. The molecule has 0 fully saturated rings. The largest absolute Gasteiger partial charge is 0.393 e. The molecule has 0 aliphatic heterocycles. The minimum absolute atomic E-state index is 0.0448. The lowest BCUT2D eigenvalue weighted by Crippen LogP contribution is -2.27. The minimum atomic E-state index is -0.311. The Morgan fingerprint density at radius 3 is 2.14 bits per heavy atom. The quantitative estimate of drug-likeness (QED) is 0.825. The van der Waals surface area contributed by atoms with Crippen LogP contribution in [0.1, 0.15) is 18.9 Å². The molecule has 0 radical (unpaired) electrons. The molecule has 2 rings (SSSR count). The van der Waals surface area contributed by atoms with Crippen LogP contribution in [0.2, 0.25) is 0 Å². The molecule has 2 aromatic carbocycles. The zero-order chi connectivity index (χ0) is 15.2. The summed E-state index contributed by atoms with van der Waals surface area (Å²) in [5, 5.41) is 0. The molecule has 0 spiro atoms. The van der Waals surface area contributed by atoms with Gasteiger partial charge in [0.05, 0.1) is 10.9 Å². The van der Waals surface area contributed by atoms with Crippen molar-refractivity contribution in [3.8, 4) is 11.1 Å². The van der Waals surface area contributed by atoms with Crippen molar-refractivity contribution in [2.24, 2.45) is 11.7 Å². The van der Waals surface area contributed by atoms with Crippen LogP contribution in [0.3, 0.4) is 0 Å². The monoisotopic (exact) mass is 297 g/mol. The molecule has 108 valence electrons. The average Bonchev–Trinajstić information content (AvgIpc) is 2.48. The number of benzene rings is 2. The lowest BCUT2D eigenvalue weighted by atomic mass is 9.95. The van der Waals surface area contributed by atoms with Gasteiger partial charge in [-0.2, -0.15) is 0 Å². The molecule has 0 saturated heterocycles. The first kappa shape index (κ1) is 15.4. The minimum Gasteiger partial charge on any atom is -0.393 e. The Balaban J connectivity index is 2.03. The van der Waals surface area contributed by atoms with E-state index in [0.29, 0.717) is 11.4 Å².